The smallest absolute Gasteiger partial charge is 0.258 e. The minimum atomic E-state index is -0.115. The number of hydrogen-bond acceptors (Lipinski definition) is 4. The standard InChI is InChI=1S/C26H25N5O2/c1-28-10-8-22-21-5-4-19(13-23(21)29(2)24(22)16-28)31-11-7-20(14-26(31)32)33-17-18-3-6-25-27-9-12-30(25)15-18/h3-7,9,11-15H,8,10,16-17H2,1-2H3. The van der Waals surface area contributed by atoms with Crippen LogP contribution in [0, 0.1) is 0 Å². The number of benzene rings is 1. The van der Waals surface area contributed by atoms with E-state index in [4.69, 9.17) is 4.74 Å². The summed E-state index contributed by atoms with van der Waals surface area (Å²) in [6.45, 7) is 2.41. The minimum absolute atomic E-state index is 0.115. The second kappa shape index (κ2) is 7.64. The molecule has 0 aliphatic carbocycles. The van der Waals surface area contributed by atoms with Crippen molar-refractivity contribution in [3.05, 3.63) is 94.4 Å². The fourth-order valence-corrected chi connectivity index (χ4v) is 4.81. The highest BCUT2D eigenvalue weighted by Gasteiger charge is 2.21. The van der Waals surface area contributed by atoms with Crippen molar-refractivity contribution in [2.24, 2.45) is 7.05 Å². The summed E-state index contributed by atoms with van der Waals surface area (Å²) in [5.74, 6) is 0.556. The molecule has 0 atom stereocenters. The summed E-state index contributed by atoms with van der Waals surface area (Å²) < 4.78 is 11.8. The summed E-state index contributed by atoms with van der Waals surface area (Å²) in [6.07, 6.45) is 8.49. The van der Waals surface area contributed by atoms with Crippen molar-refractivity contribution in [1.82, 2.24) is 23.4 Å². The number of nitrogens with zero attached hydrogens (tertiary/aromatic N) is 5. The molecule has 33 heavy (non-hydrogen) atoms. The third-order valence-electron chi connectivity index (χ3n) is 6.61. The zero-order chi connectivity index (χ0) is 22.5. The summed E-state index contributed by atoms with van der Waals surface area (Å²) in [6, 6.07) is 13.6. The number of ether oxygens (including phenoxy) is 1. The topological polar surface area (TPSA) is 56.7 Å². The van der Waals surface area contributed by atoms with Crippen LogP contribution in [0.3, 0.4) is 0 Å². The third-order valence-corrected chi connectivity index (χ3v) is 6.61. The number of fused-ring (bicyclic) bond motifs is 4. The van der Waals surface area contributed by atoms with E-state index < -0.39 is 0 Å². The molecule has 0 saturated heterocycles. The highest BCUT2D eigenvalue weighted by Crippen LogP contribution is 2.31. The van der Waals surface area contributed by atoms with Crippen LogP contribution >= 0.6 is 0 Å². The normalized spacial score (nSPS) is 14.1. The van der Waals surface area contributed by atoms with Crippen molar-refractivity contribution in [2.75, 3.05) is 13.6 Å². The molecule has 0 radical (unpaired) electrons. The lowest BCUT2D eigenvalue weighted by atomic mass is 10.0. The van der Waals surface area contributed by atoms with Gasteiger partial charge in [-0.25, -0.2) is 4.98 Å². The van der Waals surface area contributed by atoms with Crippen molar-refractivity contribution in [2.45, 2.75) is 19.6 Å². The summed E-state index contributed by atoms with van der Waals surface area (Å²) >= 11 is 0. The van der Waals surface area contributed by atoms with E-state index in [1.807, 2.05) is 41.1 Å². The molecule has 0 spiro atoms. The van der Waals surface area contributed by atoms with Crippen LogP contribution in [0.4, 0.5) is 0 Å². The molecule has 1 aliphatic heterocycles. The molecule has 6 rings (SSSR count). The van der Waals surface area contributed by atoms with Crippen LogP contribution in [-0.2, 0) is 26.6 Å². The molecule has 7 heteroatoms. The first kappa shape index (κ1) is 19.8. The number of likely N-dealkylation sites (N-methyl/N-ethyl adjacent to an activating group) is 1. The molecule has 0 saturated carbocycles. The lowest BCUT2D eigenvalue weighted by Gasteiger charge is -2.23. The maximum atomic E-state index is 12.9. The Morgan fingerprint density at radius 3 is 2.85 bits per heavy atom. The van der Waals surface area contributed by atoms with Crippen LogP contribution in [-0.4, -0.2) is 37.0 Å². The van der Waals surface area contributed by atoms with Crippen molar-refractivity contribution in [3.63, 3.8) is 0 Å². The number of rotatable bonds is 4. The Morgan fingerprint density at radius 2 is 1.97 bits per heavy atom. The molecule has 0 bridgehead atoms. The number of aryl methyl sites for hydroxylation is 1. The first-order valence-electron chi connectivity index (χ1n) is 11.1. The Hall–Kier alpha value is -3.84. The molecule has 0 fully saturated rings. The number of pyridine rings is 2. The molecule has 5 heterocycles. The SMILES string of the molecule is CN1CCc2c(n(C)c3cc(-n4ccc(OCc5ccc6nccn6c5)cc4=O)ccc23)C1. The molecular formula is C26H25N5O2. The summed E-state index contributed by atoms with van der Waals surface area (Å²) in [5.41, 5.74) is 6.60. The van der Waals surface area contributed by atoms with E-state index in [2.05, 4.69) is 40.7 Å². The molecule has 5 aromatic rings. The van der Waals surface area contributed by atoms with Gasteiger partial charge in [0.05, 0.1) is 11.2 Å². The van der Waals surface area contributed by atoms with Gasteiger partial charge in [0, 0.05) is 67.6 Å². The van der Waals surface area contributed by atoms with Crippen LogP contribution < -0.4 is 10.3 Å². The highest BCUT2D eigenvalue weighted by atomic mass is 16.5. The maximum absolute atomic E-state index is 12.9. The van der Waals surface area contributed by atoms with E-state index in [0.717, 1.165) is 41.9 Å². The van der Waals surface area contributed by atoms with Crippen LogP contribution in [0.25, 0.3) is 22.2 Å². The fourth-order valence-electron chi connectivity index (χ4n) is 4.81. The number of imidazole rings is 1. The van der Waals surface area contributed by atoms with Crippen LogP contribution in [0.15, 0.2) is 72.0 Å². The van der Waals surface area contributed by atoms with Crippen molar-refractivity contribution < 1.29 is 4.74 Å². The van der Waals surface area contributed by atoms with E-state index in [-0.39, 0.29) is 5.56 Å². The Morgan fingerprint density at radius 1 is 1.06 bits per heavy atom. The van der Waals surface area contributed by atoms with Crippen molar-refractivity contribution >= 4 is 16.6 Å². The van der Waals surface area contributed by atoms with E-state index in [1.165, 1.54) is 16.6 Å². The molecule has 4 aromatic heterocycles. The molecule has 0 N–H and O–H groups in total. The molecule has 1 aromatic carbocycles. The first-order valence-corrected chi connectivity index (χ1v) is 11.1. The summed E-state index contributed by atoms with van der Waals surface area (Å²) in [5, 5.41) is 1.28. The van der Waals surface area contributed by atoms with Crippen LogP contribution in [0.1, 0.15) is 16.8 Å². The highest BCUT2D eigenvalue weighted by molar-refractivity contribution is 5.87. The molecule has 0 amide bonds. The zero-order valence-electron chi connectivity index (χ0n) is 18.7. The Kier molecular flexibility index (Phi) is 4.58. The van der Waals surface area contributed by atoms with E-state index in [0.29, 0.717) is 12.4 Å². The van der Waals surface area contributed by atoms with Gasteiger partial charge in [0.2, 0.25) is 0 Å². The predicted octanol–water partition coefficient (Wildman–Crippen LogP) is 3.54. The van der Waals surface area contributed by atoms with Gasteiger partial charge >= 0.3 is 0 Å². The van der Waals surface area contributed by atoms with Gasteiger partial charge in [-0.1, -0.05) is 12.1 Å². The van der Waals surface area contributed by atoms with Gasteiger partial charge in [-0.2, -0.15) is 0 Å². The first-order chi connectivity index (χ1) is 16.1. The lowest BCUT2D eigenvalue weighted by molar-refractivity contribution is 0.304. The van der Waals surface area contributed by atoms with Gasteiger partial charge in [-0.05, 0) is 43.3 Å². The van der Waals surface area contributed by atoms with E-state index >= 15 is 0 Å². The largest absolute Gasteiger partial charge is 0.489 e. The van der Waals surface area contributed by atoms with Gasteiger partial charge < -0.3 is 18.6 Å². The average molecular weight is 440 g/mol. The second-order valence-electron chi connectivity index (χ2n) is 8.76. The van der Waals surface area contributed by atoms with E-state index in [9.17, 15) is 4.79 Å². The molecule has 1 aliphatic rings. The van der Waals surface area contributed by atoms with Crippen molar-refractivity contribution in [1.29, 1.82) is 0 Å². The monoisotopic (exact) mass is 439 g/mol. The molecule has 166 valence electrons. The molecular weight excluding hydrogens is 414 g/mol. The molecule has 7 nitrogen and oxygen atoms in total. The summed E-state index contributed by atoms with van der Waals surface area (Å²) in [7, 11) is 4.27. The number of aromatic nitrogens is 4. The van der Waals surface area contributed by atoms with Crippen LogP contribution in [0.5, 0.6) is 5.75 Å². The average Bonchev–Trinajstić information content (AvgIpc) is 3.40. The predicted molar refractivity (Wildman–Crippen MR) is 128 cm³/mol. The fraction of sp³-hybridized carbons (Fsp3) is 0.231. The third kappa shape index (κ3) is 3.41. The molecule has 0 unspecified atom stereocenters. The van der Waals surface area contributed by atoms with Gasteiger partial charge in [-0.15, -0.1) is 0 Å². The lowest BCUT2D eigenvalue weighted by Crippen LogP contribution is -2.27. The number of hydrogen-bond donors (Lipinski definition) is 0. The zero-order valence-corrected chi connectivity index (χ0v) is 18.7. The van der Waals surface area contributed by atoms with Gasteiger partial charge in [0.25, 0.3) is 5.56 Å². The quantitative estimate of drug-likeness (QED) is 0.430. The maximum Gasteiger partial charge on any atom is 0.258 e. The van der Waals surface area contributed by atoms with E-state index in [1.54, 1.807) is 23.0 Å². The van der Waals surface area contributed by atoms with Crippen LogP contribution in [0.2, 0.25) is 0 Å². The van der Waals surface area contributed by atoms with Gasteiger partial charge in [0.1, 0.15) is 18.0 Å². The second-order valence-corrected chi connectivity index (χ2v) is 8.76. The summed E-state index contributed by atoms with van der Waals surface area (Å²) in [4.78, 5) is 19.5. The Balaban J connectivity index is 1.27. The van der Waals surface area contributed by atoms with Crippen molar-refractivity contribution in [3.8, 4) is 11.4 Å². The van der Waals surface area contributed by atoms with Gasteiger partial charge in [0.15, 0.2) is 0 Å². The minimum Gasteiger partial charge on any atom is -0.489 e. The Bertz CT molecular complexity index is 1560. The Labute approximate surface area is 191 Å². The van der Waals surface area contributed by atoms with Gasteiger partial charge in [-0.3, -0.25) is 9.36 Å².